The topological polar surface area (TPSA) is 40.8 Å². The number of hydrogen-bond donors (Lipinski definition) is 0. The summed E-state index contributed by atoms with van der Waals surface area (Å²) in [6, 6.07) is 9.94. The Hall–Kier alpha value is -1.72. The summed E-state index contributed by atoms with van der Waals surface area (Å²) in [5, 5.41) is 0.114. The van der Waals surface area contributed by atoms with Crippen molar-refractivity contribution in [2.24, 2.45) is 0 Å². The molecule has 2 aromatic rings. The smallest absolute Gasteiger partial charge is 0.231 e. The summed E-state index contributed by atoms with van der Waals surface area (Å²) in [6.07, 6.45) is -0.242. The van der Waals surface area contributed by atoms with Gasteiger partial charge in [0.15, 0.2) is 19.8 Å². The van der Waals surface area contributed by atoms with Crippen molar-refractivity contribution in [3.05, 3.63) is 47.4 Å². The van der Waals surface area contributed by atoms with Crippen LogP contribution >= 0.6 is 0 Å². The molecule has 0 radical (unpaired) electrons. The van der Waals surface area contributed by atoms with Crippen molar-refractivity contribution in [3.8, 4) is 11.5 Å². The van der Waals surface area contributed by atoms with Gasteiger partial charge in [-0.05, 0) is 54.9 Å². The number of rotatable bonds is 4. The summed E-state index contributed by atoms with van der Waals surface area (Å²) < 4.78 is 23.6. The van der Waals surface area contributed by atoms with Crippen LogP contribution in [0.3, 0.4) is 0 Å². The van der Waals surface area contributed by atoms with Gasteiger partial charge in [-0.1, -0.05) is 26.8 Å². The van der Waals surface area contributed by atoms with Crippen molar-refractivity contribution in [3.63, 3.8) is 0 Å². The molecule has 5 heteroatoms. The number of aryl methyl sites for hydroxylation is 1. The minimum atomic E-state index is -1.98. The lowest BCUT2D eigenvalue weighted by atomic mass is 10.1. The Kier molecular flexibility index (Phi) is 4.26. The molecule has 0 fully saturated rings. The van der Waals surface area contributed by atoms with E-state index in [9.17, 15) is 0 Å². The molecule has 1 aromatic carbocycles. The van der Waals surface area contributed by atoms with Crippen molar-refractivity contribution >= 4 is 8.32 Å². The van der Waals surface area contributed by atoms with Gasteiger partial charge in [0.05, 0.1) is 0 Å². The van der Waals surface area contributed by atoms with E-state index >= 15 is 0 Å². The Morgan fingerprint density at radius 2 is 1.75 bits per heavy atom. The van der Waals surface area contributed by atoms with Gasteiger partial charge < -0.3 is 18.3 Å². The molecule has 0 N–H and O–H groups in total. The van der Waals surface area contributed by atoms with Crippen molar-refractivity contribution in [2.75, 3.05) is 6.79 Å². The third kappa shape index (κ3) is 3.23. The van der Waals surface area contributed by atoms with E-state index in [2.05, 4.69) is 33.9 Å². The Balaban J connectivity index is 2.00. The SMILES string of the molecule is Cc1ccc(C(O[Si](C)(C)C(C)(C)C)c2ccc3c(c2)OCO3)o1. The lowest BCUT2D eigenvalue weighted by Gasteiger charge is -2.39. The standard InChI is InChI=1S/C19H26O4Si/c1-13-7-9-16(22-13)18(23-24(5,6)19(2,3)4)14-8-10-15-17(11-14)21-12-20-15/h7-11,18H,12H2,1-6H3. The average molecular weight is 346 g/mol. The van der Waals surface area contributed by atoms with Crippen LogP contribution in [0.1, 0.15) is 44.0 Å². The van der Waals surface area contributed by atoms with Crippen LogP contribution in [0.5, 0.6) is 11.5 Å². The van der Waals surface area contributed by atoms with Gasteiger partial charge in [0.25, 0.3) is 0 Å². The van der Waals surface area contributed by atoms with E-state index in [4.69, 9.17) is 18.3 Å². The van der Waals surface area contributed by atoms with Crippen molar-refractivity contribution < 1.29 is 18.3 Å². The van der Waals surface area contributed by atoms with E-state index in [0.717, 1.165) is 28.6 Å². The fourth-order valence-electron chi connectivity index (χ4n) is 2.43. The normalized spacial score (nSPS) is 15.6. The van der Waals surface area contributed by atoms with Gasteiger partial charge in [0.2, 0.25) is 6.79 Å². The minimum absolute atomic E-state index is 0.114. The molecule has 0 aliphatic carbocycles. The average Bonchev–Trinajstić information content (AvgIpc) is 3.11. The highest BCUT2D eigenvalue weighted by molar-refractivity contribution is 6.74. The maximum Gasteiger partial charge on any atom is 0.231 e. The van der Waals surface area contributed by atoms with Gasteiger partial charge in [0, 0.05) is 0 Å². The van der Waals surface area contributed by atoms with Crippen LogP contribution in [0.15, 0.2) is 34.7 Å². The summed E-state index contributed by atoms with van der Waals surface area (Å²) in [5.74, 6) is 3.26. The molecule has 0 saturated carbocycles. The van der Waals surface area contributed by atoms with Crippen LogP contribution in [0.25, 0.3) is 0 Å². The second-order valence-corrected chi connectivity index (χ2v) is 12.6. The van der Waals surface area contributed by atoms with E-state index in [0.29, 0.717) is 0 Å². The third-order valence-electron chi connectivity index (χ3n) is 4.94. The quantitative estimate of drug-likeness (QED) is 0.692. The van der Waals surface area contributed by atoms with Gasteiger partial charge in [0.1, 0.15) is 17.6 Å². The van der Waals surface area contributed by atoms with Crippen LogP contribution in [0.2, 0.25) is 18.1 Å². The molecule has 24 heavy (non-hydrogen) atoms. The number of ether oxygens (including phenoxy) is 2. The van der Waals surface area contributed by atoms with E-state index < -0.39 is 8.32 Å². The first kappa shape index (κ1) is 17.1. The first-order valence-corrected chi connectivity index (χ1v) is 11.2. The van der Waals surface area contributed by atoms with Gasteiger partial charge in [-0.25, -0.2) is 0 Å². The summed E-state index contributed by atoms with van der Waals surface area (Å²) in [5.41, 5.74) is 1.03. The van der Waals surface area contributed by atoms with Crippen molar-refractivity contribution in [1.29, 1.82) is 0 Å². The number of hydrogen-bond acceptors (Lipinski definition) is 4. The Labute approximate surface area is 144 Å². The zero-order chi connectivity index (χ0) is 17.5. The molecule has 0 spiro atoms. The second-order valence-electron chi connectivity index (χ2n) is 7.82. The molecule has 1 unspecified atom stereocenters. The van der Waals surface area contributed by atoms with Crippen molar-refractivity contribution in [1.82, 2.24) is 0 Å². The molecule has 0 bridgehead atoms. The summed E-state index contributed by atoms with van der Waals surface area (Å²) >= 11 is 0. The monoisotopic (exact) mass is 346 g/mol. The molecule has 130 valence electrons. The molecular weight excluding hydrogens is 320 g/mol. The van der Waals surface area contributed by atoms with E-state index in [1.165, 1.54) is 0 Å². The molecule has 3 rings (SSSR count). The lowest BCUT2D eigenvalue weighted by molar-refractivity contribution is 0.173. The fourth-order valence-corrected chi connectivity index (χ4v) is 3.63. The van der Waals surface area contributed by atoms with Crippen molar-refractivity contribution in [2.45, 2.75) is 51.9 Å². The summed E-state index contributed by atoms with van der Waals surface area (Å²) in [4.78, 5) is 0. The van der Waals surface area contributed by atoms with Gasteiger partial charge >= 0.3 is 0 Å². The van der Waals surface area contributed by atoms with Crippen LogP contribution < -0.4 is 9.47 Å². The summed E-state index contributed by atoms with van der Waals surface area (Å²) in [6.45, 7) is 13.4. The highest BCUT2D eigenvalue weighted by Crippen LogP contribution is 2.43. The predicted octanol–water partition coefficient (Wildman–Crippen LogP) is 5.43. The van der Waals surface area contributed by atoms with E-state index in [-0.39, 0.29) is 17.9 Å². The number of fused-ring (bicyclic) bond motifs is 1. The van der Waals surface area contributed by atoms with Crippen LogP contribution in [-0.4, -0.2) is 15.1 Å². The molecule has 1 aliphatic rings. The molecule has 4 nitrogen and oxygen atoms in total. The molecular formula is C19H26O4Si. The predicted molar refractivity (Wildman–Crippen MR) is 96.1 cm³/mol. The van der Waals surface area contributed by atoms with Crippen LogP contribution in [0, 0.1) is 6.92 Å². The number of benzene rings is 1. The third-order valence-corrected chi connectivity index (χ3v) is 9.37. The lowest BCUT2D eigenvalue weighted by Crippen LogP contribution is -2.42. The van der Waals surface area contributed by atoms with E-state index in [1.54, 1.807) is 0 Å². The molecule has 0 saturated heterocycles. The Morgan fingerprint density at radius 1 is 1.04 bits per heavy atom. The number of furan rings is 1. The van der Waals surface area contributed by atoms with Gasteiger partial charge in [-0.3, -0.25) is 0 Å². The maximum absolute atomic E-state index is 6.70. The molecule has 2 heterocycles. The minimum Gasteiger partial charge on any atom is -0.463 e. The Morgan fingerprint density at radius 3 is 2.38 bits per heavy atom. The van der Waals surface area contributed by atoms with E-state index in [1.807, 2.05) is 37.3 Å². The molecule has 1 aromatic heterocycles. The fraction of sp³-hybridized carbons (Fsp3) is 0.474. The molecule has 1 atom stereocenters. The van der Waals surface area contributed by atoms with Crippen LogP contribution in [-0.2, 0) is 4.43 Å². The first-order chi connectivity index (χ1) is 11.2. The highest BCUT2D eigenvalue weighted by atomic mass is 28.4. The molecule has 1 aliphatic heterocycles. The summed E-state index contributed by atoms with van der Waals surface area (Å²) in [7, 11) is -1.98. The van der Waals surface area contributed by atoms with Crippen LogP contribution in [0.4, 0.5) is 0 Å². The van der Waals surface area contributed by atoms with Gasteiger partial charge in [-0.2, -0.15) is 0 Å². The molecule has 0 amide bonds. The highest BCUT2D eigenvalue weighted by Gasteiger charge is 2.40. The zero-order valence-electron chi connectivity index (χ0n) is 15.3. The maximum atomic E-state index is 6.70. The second kappa shape index (κ2) is 5.97. The Bertz CT molecular complexity index is 727. The largest absolute Gasteiger partial charge is 0.463 e. The first-order valence-electron chi connectivity index (χ1n) is 8.31. The van der Waals surface area contributed by atoms with Gasteiger partial charge in [-0.15, -0.1) is 0 Å². The zero-order valence-corrected chi connectivity index (χ0v) is 16.3.